The molecule has 0 aliphatic rings. The maximum atomic E-state index is 7.26. The van der Waals surface area contributed by atoms with Gasteiger partial charge in [0.2, 0.25) is 0 Å². The minimum absolute atomic E-state index is 0.299. The Morgan fingerprint density at radius 2 is 0.427 bits per heavy atom. The van der Waals surface area contributed by atoms with E-state index in [2.05, 4.69) is 116 Å². The first kappa shape index (κ1) is 71.8. The highest BCUT2D eigenvalue weighted by Gasteiger charge is 2.41. The molecule has 0 amide bonds. The zero-order chi connectivity index (χ0) is 67.2. The van der Waals surface area contributed by atoms with Gasteiger partial charge in [-0.15, -0.1) is 0 Å². The summed E-state index contributed by atoms with van der Waals surface area (Å²) in [5.74, 6) is 4.53. The lowest BCUT2D eigenvalue weighted by Crippen LogP contribution is -2.42. The first-order valence-corrected chi connectivity index (χ1v) is 33.5. The van der Waals surface area contributed by atoms with Gasteiger partial charge >= 0.3 is 0 Å². The molecule has 0 aliphatic heterocycles. The van der Waals surface area contributed by atoms with E-state index >= 15 is 0 Å². The Morgan fingerprint density at radius 3 is 0.635 bits per heavy atom. The van der Waals surface area contributed by atoms with Crippen LogP contribution in [-0.2, 0) is 50.0 Å². The van der Waals surface area contributed by atoms with Gasteiger partial charge in [-0.05, 0) is 149 Å². The van der Waals surface area contributed by atoms with Crippen LogP contribution in [0.1, 0.15) is 102 Å². The van der Waals surface area contributed by atoms with Crippen LogP contribution in [0.25, 0.3) is 0 Å². The van der Waals surface area contributed by atoms with Crippen molar-refractivity contribution >= 4 is 0 Å². The summed E-state index contributed by atoms with van der Waals surface area (Å²) in [6.45, 7) is 6.38. The third-order valence-electron chi connectivity index (χ3n) is 17.6. The average molecular weight is 1300 g/mol. The van der Waals surface area contributed by atoms with E-state index < -0.39 is 22.2 Å². The normalized spacial score (nSPS) is 11.9. The fourth-order valence-electron chi connectivity index (χ4n) is 12.4. The second-order valence-electron chi connectivity index (χ2n) is 23.9. The summed E-state index contributed by atoms with van der Waals surface area (Å²) >= 11 is 0. The van der Waals surface area contributed by atoms with E-state index in [1.165, 1.54) is 0 Å². The summed E-state index contributed by atoms with van der Waals surface area (Å²) in [7, 11) is 10.1. The molecule has 0 spiro atoms. The molecule has 0 unspecified atom stereocenters. The average Bonchev–Trinajstić information content (AvgIpc) is 0.774. The van der Waals surface area contributed by atoms with Crippen molar-refractivity contribution in [2.24, 2.45) is 5.41 Å². The van der Waals surface area contributed by atoms with Gasteiger partial charge in [0.15, 0.2) is 0 Å². The lowest BCUT2D eigenvalue weighted by Gasteiger charge is -2.36. The minimum Gasteiger partial charge on any atom is -0.497 e. The SMILES string of the molecule is CCCCCCOCC(COCCCOC(c1ccccc1)(c1ccc(OC)cc1)c1ccc(OC)cc1)(COCCCOC(c1ccccc1)(c1ccc(OC)cc1)c1ccc(OC)cc1)COCCCOC(c1ccccc1)(c1ccc(OC)cc1)c1ccc(OC)cc1. The summed E-state index contributed by atoms with van der Waals surface area (Å²) in [6, 6.07) is 79.6. The summed E-state index contributed by atoms with van der Waals surface area (Å²) < 4.78 is 82.8. The molecule has 9 aromatic carbocycles. The molecule has 0 saturated carbocycles. The van der Waals surface area contributed by atoms with Crippen LogP contribution in [0, 0.1) is 5.41 Å². The number of ether oxygens (including phenoxy) is 13. The monoisotopic (exact) mass is 1300 g/mol. The Morgan fingerprint density at radius 1 is 0.219 bits per heavy atom. The first-order chi connectivity index (χ1) is 47.2. The van der Waals surface area contributed by atoms with Crippen LogP contribution in [-0.4, -0.2) is 115 Å². The van der Waals surface area contributed by atoms with Crippen molar-refractivity contribution in [1.29, 1.82) is 0 Å². The highest BCUT2D eigenvalue weighted by Crippen LogP contribution is 2.45. The summed E-state index contributed by atoms with van der Waals surface area (Å²) in [5.41, 5.74) is 5.08. The van der Waals surface area contributed by atoms with Crippen LogP contribution < -0.4 is 28.4 Å². The second kappa shape index (κ2) is 37.1. The number of benzene rings is 9. The number of rotatable bonds is 43. The Hall–Kier alpha value is -8.50. The predicted molar refractivity (Wildman–Crippen MR) is 378 cm³/mol. The van der Waals surface area contributed by atoms with Crippen molar-refractivity contribution in [3.63, 3.8) is 0 Å². The van der Waals surface area contributed by atoms with Gasteiger partial charge in [-0.3, -0.25) is 0 Å². The molecule has 0 aliphatic carbocycles. The number of hydrogen-bond acceptors (Lipinski definition) is 13. The molecule has 0 N–H and O–H groups in total. The lowest BCUT2D eigenvalue weighted by molar-refractivity contribution is -0.113. The smallest absolute Gasteiger partial charge is 0.143 e. The van der Waals surface area contributed by atoms with Crippen molar-refractivity contribution in [2.45, 2.75) is 68.7 Å². The topological polar surface area (TPSA) is 120 Å². The molecular weight excluding hydrogens is 1200 g/mol. The second-order valence-corrected chi connectivity index (χ2v) is 23.9. The number of hydrogen-bond donors (Lipinski definition) is 0. The van der Waals surface area contributed by atoms with Crippen LogP contribution >= 0.6 is 0 Å². The predicted octanol–water partition coefficient (Wildman–Crippen LogP) is 16.9. The van der Waals surface area contributed by atoms with Crippen molar-refractivity contribution in [1.82, 2.24) is 0 Å². The molecule has 13 nitrogen and oxygen atoms in total. The molecule has 0 aromatic heterocycles. The van der Waals surface area contributed by atoms with E-state index in [1.807, 2.05) is 127 Å². The largest absolute Gasteiger partial charge is 0.497 e. The van der Waals surface area contributed by atoms with Crippen LogP contribution in [0.2, 0.25) is 0 Å². The number of methoxy groups -OCH3 is 6. The maximum Gasteiger partial charge on any atom is 0.143 e. The molecule has 9 aromatic rings. The summed E-state index contributed by atoms with van der Waals surface area (Å²) in [5, 5.41) is 0. The zero-order valence-corrected chi connectivity index (χ0v) is 57.1. The third kappa shape index (κ3) is 18.1. The molecule has 96 heavy (non-hydrogen) atoms. The molecule has 0 fully saturated rings. The minimum atomic E-state index is -0.974. The lowest BCUT2D eigenvalue weighted by atomic mass is 9.80. The quantitative estimate of drug-likeness (QED) is 0.0267. The summed E-state index contributed by atoms with van der Waals surface area (Å²) in [4.78, 5) is 0. The summed E-state index contributed by atoms with van der Waals surface area (Å²) in [6.07, 6.45) is 6.06. The Bertz CT molecular complexity index is 3080. The molecule has 0 atom stereocenters. The third-order valence-corrected chi connectivity index (χ3v) is 17.6. The standard InChI is InChI=1S/C83H96O13/c1-8-9-10-20-54-90-61-80(62-91-55-21-58-94-81(65-24-14-11-15-25-65,68-30-42-74(84-2)43-31-68)69-32-44-75(85-3)45-33-69,63-92-56-22-59-95-82(66-26-16-12-17-27-66,70-34-46-76(86-4)47-35-70)71-36-48-77(87-5)49-37-71)64-93-57-23-60-96-83(67-28-18-13-19-29-67,72-38-50-78(88-6)51-39-72)73-40-52-79(89-7)53-41-73/h11-19,24-53H,8-10,20-23,54-64H2,1-7H3. The molecule has 0 radical (unpaired) electrons. The van der Waals surface area contributed by atoms with Crippen LogP contribution in [0.15, 0.2) is 237 Å². The van der Waals surface area contributed by atoms with Gasteiger partial charge in [-0.2, -0.15) is 0 Å². The highest BCUT2D eigenvalue weighted by molar-refractivity contribution is 5.53. The van der Waals surface area contributed by atoms with Gasteiger partial charge < -0.3 is 61.6 Å². The van der Waals surface area contributed by atoms with Gasteiger partial charge in [0.1, 0.15) is 51.3 Å². The molecular formula is C83H96O13. The molecule has 9 rings (SSSR count). The fourth-order valence-corrected chi connectivity index (χ4v) is 12.4. The van der Waals surface area contributed by atoms with Crippen LogP contribution in [0.5, 0.6) is 34.5 Å². The zero-order valence-electron chi connectivity index (χ0n) is 57.1. The maximum absolute atomic E-state index is 7.26. The molecule has 0 saturated heterocycles. The van der Waals surface area contributed by atoms with Gasteiger partial charge in [-0.25, -0.2) is 0 Å². The Kier molecular flexibility index (Phi) is 27.8. The van der Waals surface area contributed by atoms with E-state index in [9.17, 15) is 0 Å². The van der Waals surface area contributed by atoms with Crippen LogP contribution in [0.3, 0.4) is 0 Å². The van der Waals surface area contributed by atoms with Gasteiger partial charge in [-0.1, -0.05) is 190 Å². The van der Waals surface area contributed by atoms with E-state index in [0.29, 0.717) is 91.9 Å². The molecule has 506 valence electrons. The highest BCUT2D eigenvalue weighted by atomic mass is 16.5. The van der Waals surface area contributed by atoms with E-state index in [4.69, 9.17) is 61.6 Å². The van der Waals surface area contributed by atoms with Crippen LogP contribution in [0.4, 0.5) is 0 Å². The van der Waals surface area contributed by atoms with E-state index in [1.54, 1.807) is 42.7 Å². The van der Waals surface area contributed by atoms with Crippen molar-refractivity contribution in [3.8, 4) is 34.5 Å². The van der Waals surface area contributed by atoms with Crippen molar-refractivity contribution in [2.75, 3.05) is 115 Å². The van der Waals surface area contributed by atoms with E-state index in [-0.39, 0.29) is 0 Å². The molecule has 0 bridgehead atoms. The van der Waals surface area contributed by atoms with E-state index in [0.717, 1.165) is 110 Å². The van der Waals surface area contributed by atoms with Gasteiger partial charge in [0, 0.05) is 26.4 Å². The number of unbranched alkanes of at least 4 members (excludes halogenated alkanes) is 3. The molecule has 13 heteroatoms. The first-order valence-electron chi connectivity index (χ1n) is 33.5. The van der Waals surface area contributed by atoms with Crippen molar-refractivity contribution in [3.05, 3.63) is 287 Å². The van der Waals surface area contributed by atoms with Gasteiger partial charge in [0.25, 0.3) is 0 Å². The van der Waals surface area contributed by atoms with Gasteiger partial charge in [0.05, 0.1) is 94.3 Å². The Balaban J connectivity index is 0.964. The Labute approximate surface area is 569 Å². The fraction of sp³-hybridized carbons (Fsp3) is 0.349. The van der Waals surface area contributed by atoms with Crippen molar-refractivity contribution < 1.29 is 61.6 Å². The molecule has 0 heterocycles.